The van der Waals surface area contributed by atoms with Gasteiger partial charge in [-0.3, -0.25) is 4.90 Å². The lowest BCUT2D eigenvalue weighted by atomic mass is 9.98. The fourth-order valence-electron chi connectivity index (χ4n) is 3.06. The molecular weight excluding hydrogens is 258 g/mol. The van der Waals surface area contributed by atoms with Crippen molar-refractivity contribution in [2.75, 3.05) is 40.8 Å². The summed E-state index contributed by atoms with van der Waals surface area (Å²) in [6, 6.07) is 7.71. The molecule has 2 atom stereocenters. The molecule has 0 saturated heterocycles. The first kappa shape index (κ1) is 18.1. The van der Waals surface area contributed by atoms with Crippen LogP contribution < -0.4 is 5.32 Å². The second-order valence-electron chi connectivity index (χ2n) is 6.40. The lowest BCUT2D eigenvalue weighted by Gasteiger charge is -2.33. The molecule has 0 amide bonds. The maximum absolute atomic E-state index is 3.50. The highest BCUT2D eigenvalue weighted by atomic mass is 15.2. The number of benzene rings is 1. The van der Waals surface area contributed by atoms with E-state index in [9.17, 15) is 0 Å². The van der Waals surface area contributed by atoms with Crippen molar-refractivity contribution in [3.8, 4) is 0 Å². The third-order valence-electron chi connectivity index (χ3n) is 4.23. The van der Waals surface area contributed by atoms with Crippen LogP contribution >= 0.6 is 0 Å². The van der Waals surface area contributed by atoms with Gasteiger partial charge < -0.3 is 10.2 Å². The van der Waals surface area contributed by atoms with Crippen LogP contribution in [0.2, 0.25) is 0 Å². The van der Waals surface area contributed by atoms with E-state index in [4.69, 9.17) is 0 Å². The fourth-order valence-corrected chi connectivity index (χ4v) is 3.06. The second-order valence-corrected chi connectivity index (χ2v) is 6.40. The molecular formula is C18H33N3. The molecule has 120 valence electrons. The molecule has 0 bridgehead atoms. The van der Waals surface area contributed by atoms with Gasteiger partial charge in [0.2, 0.25) is 0 Å². The minimum atomic E-state index is 0.384. The minimum absolute atomic E-state index is 0.384. The Balaban J connectivity index is 2.84. The van der Waals surface area contributed by atoms with Gasteiger partial charge in [-0.25, -0.2) is 0 Å². The average Bonchev–Trinajstić information content (AvgIpc) is 2.40. The van der Waals surface area contributed by atoms with Crippen molar-refractivity contribution in [1.29, 1.82) is 0 Å². The summed E-state index contributed by atoms with van der Waals surface area (Å²) in [6.45, 7) is 12.2. The minimum Gasteiger partial charge on any atom is -0.312 e. The Hall–Kier alpha value is -0.900. The highest BCUT2D eigenvalue weighted by molar-refractivity contribution is 5.33. The van der Waals surface area contributed by atoms with Crippen molar-refractivity contribution in [2.24, 2.45) is 0 Å². The predicted molar refractivity (Wildman–Crippen MR) is 93.0 cm³/mol. The van der Waals surface area contributed by atoms with E-state index < -0.39 is 0 Å². The van der Waals surface area contributed by atoms with Gasteiger partial charge in [0, 0.05) is 25.2 Å². The quantitative estimate of drug-likeness (QED) is 0.794. The number of nitrogens with zero attached hydrogens (tertiary/aromatic N) is 2. The largest absolute Gasteiger partial charge is 0.312 e. The molecule has 2 unspecified atom stereocenters. The summed E-state index contributed by atoms with van der Waals surface area (Å²) in [5.41, 5.74) is 4.13. The molecule has 0 aromatic heterocycles. The molecule has 0 spiro atoms. The first-order valence-electron chi connectivity index (χ1n) is 8.02. The van der Waals surface area contributed by atoms with Gasteiger partial charge in [0.1, 0.15) is 0 Å². The van der Waals surface area contributed by atoms with Crippen molar-refractivity contribution in [1.82, 2.24) is 15.1 Å². The average molecular weight is 291 g/mol. The molecule has 0 saturated carbocycles. The summed E-state index contributed by atoms with van der Waals surface area (Å²) in [6.07, 6.45) is 0. The Bertz CT molecular complexity index is 428. The van der Waals surface area contributed by atoms with Gasteiger partial charge in [0.25, 0.3) is 0 Å². The van der Waals surface area contributed by atoms with E-state index in [1.54, 1.807) is 0 Å². The molecule has 0 aliphatic carbocycles. The maximum Gasteiger partial charge on any atom is 0.0449 e. The van der Waals surface area contributed by atoms with Gasteiger partial charge >= 0.3 is 0 Å². The van der Waals surface area contributed by atoms with Crippen LogP contribution in [0.5, 0.6) is 0 Å². The number of rotatable bonds is 8. The van der Waals surface area contributed by atoms with E-state index in [0.717, 1.165) is 19.6 Å². The van der Waals surface area contributed by atoms with E-state index in [0.29, 0.717) is 12.1 Å². The van der Waals surface area contributed by atoms with E-state index in [-0.39, 0.29) is 0 Å². The number of hydrogen-bond acceptors (Lipinski definition) is 3. The molecule has 21 heavy (non-hydrogen) atoms. The van der Waals surface area contributed by atoms with E-state index in [2.05, 4.69) is 82.2 Å². The first-order valence-corrected chi connectivity index (χ1v) is 8.02. The Morgan fingerprint density at radius 3 is 2.29 bits per heavy atom. The first-order chi connectivity index (χ1) is 9.88. The summed E-state index contributed by atoms with van der Waals surface area (Å²) in [7, 11) is 6.35. The van der Waals surface area contributed by atoms with E-state index in [1.807, 2.05) is 0 Å². The summed E-state index contributed by atoms with van der Waals surface area (Å²) < 4.78 is 0. The smallest absolute Gasteiger partial charge is 0.0449 e. The van der Waals surface area contributed by atoms with Crippen LogP contribution in [0.15, 0.2) is 18.2 Å². The molecule has 3 heteroatoms. The molecule has 0 heterocycles. The Labute approximate surface area is 131 Å². The van der Waals surface area contributed by atoms with Gasteiger partial charge in [-0.1, -0.05) is 30.7 Å². The standard InChI is InChI=1S/C18H33N3/c1-8-21(16(4)12-20(6)7)13-18(19-5)17-10-9-14(2)11-15(17)3/h9-11,16,18-19H,8,12-13H2,1-7H3. The maximum atomic E-state index is 3.50. The molecule has 1 aromatic carbocycles. The SMILES string of the molecule is CCN(CC(NC)c1ccc(C)cc1C)C(C)CN(C)C. The van der Waals surface area contributed by atoms with Crippen molar-refractivity contribution in [3.05, 3.63) is 34.9 Å². The Kier molecular flexibility index (Phi) is 7.36. The Morgan fingerprint density at radius 1 is 1.14 bits per heavy atom. The van der Waals surface area contributed by atoms with Gasteiger partial charge in [0.05, 0.1) is 0 Å². The van der Waals surface area contributed by atoms with E-state index >= 15 is 0 Å². The van der Waals surface area contributed by atoms with Crippen molar-refractivity contribution in [3.63, 3.8) is 0 Å². The van der Waals surface area contributed by atoms with Crippen LogP contribution in [-0.4, -0.2) is 56.6 Å². The molecule has 1 rings (SSSR count). The molecule has 1 aromatic rings. The highest BCUT2D eigenvalue weighted by Gasteiger charge is 2.19. The van der Waals surface area contributed by atoms with Crippen LogP contribution in [0.1, 0.15) is 36.6 Å². The zero-order valence-corrected chi connectivity index (χ0v) is 14.9. The number of aryl methyl sites for hydroxylation is 2. The van der Waals surface area contributed by atoms with Crippen LogP contribution in [0.3, 0.4) is 0 Å². The number of nitrogens with one attached hydrogen (secondary N) is 1. The van der Waals surface area contributed by atoms with Crippen molar-refractivity contribution >= 4 is 0 Å². The third kappa shape index (κ3) is 5.42. The molecule has 0 aliphatic heterocycles. The zero-order valence-electron chi connectivity index (χ0n) is 14.9. The van der Waals surface area contributed by atoms with Crippen molar-refractivity contribution in [2.45, 2.75) is 39.8 Å². The zero-order chi connectivity index (χ0) is 16.0. The molecule has 1 N–H and O–H groups in total. The lowest BCUT2D eigenvalue weighted by molar-refractivity contribution is 0.166. The summed E-state index contributed by atoms with van der Waals surface area (Å²) in [4.78, 5) is 4.82. The number of likely N-dealkylation sites (N-methyl/N-ethyl adjacent to an activating group) is 3. The van der Waals surface area contributed by atoms with Crippen molar-refractivity contribution < 1.29 is 0 Å². The Morgan fingerprint density at radius 2 is 1.81 bits per heavy atom. The predicted octanol–water partition coefficient (Wildman–Crippen LogP) is 2.84. The van der Waals surface area contributed by atoms with Gasteiger partial charge in [-0.15, -0.1) is 0 Å². The second kappa shape index (κ2) is 8.52. The molecule has 0 aliphatic rings. The molecule has 0 fully saturated rings. The third-order valence-corrected chi connectivity index (χ3v) is 4.23. The molecule has 3 nitrogen and oxygen atoms in total. The van der Waals surface area contributed by atoms with Crippen LogP contribution in [-0.2, 0) is 0 Å². The van der Waals surface area contributed by atoms with Crippen LogP contribution in [0.25, 0.3) is 0 Å². The van der Waals surface area contributed by atoms with Gasteiger partial charge in [0.15, 0.2) is 0 Å². The van der Waals surface area contributed by atoms with Crippen LogP contribution in [0.4, 0.5) is 0 Å². The summed E-state index contributed by atoms with van der Waals surface area (Å²) in [5, 5.41) is 3.50. The topological polar surface area (TPSA) is 18.5 Å². The van der Waals surface area contributed by atoms with Crippen LogP contribution in [0, 0.1) is 13.8 Å². The lowest BCUT2D eigenvalue weighted by Crippen LogP contribution is -2.44. The van der Waals surface area contributed by atoms with E-state index in [1.165, 1.54) is 16.7 Å². The van der Waals surface area contributed by atoms with Gasteiger partial charge in [-0.05, 0) is 59.6 Å². The normalized spacial score (nSPS) is 14.7. The summed E-state index contributed by atoms with van der Waals surface area (Å²) in [5.74, 6) is 0. The molecule has 0 radical (unpaired) electrons. The fraction of sp³-hybridized carbons (Fsp3) is 0.667. The monoisotopic (exact) mass is 291 g/mol. The van der Waals surface area contributed by atoms with Gasteiger partial charge in [-0.2, -0.15) is 0 Å². The summed E-state index contributed by atoms with van der Waals surface area (Å²) >= 11 is 0. The number of hydrogen-bond donors (Lipinski definition) is 1. The highest BCUT2D eigenvalue weighted by Crippen LogP contribution is 2.20.